The lowest BCUT2D eigenvalue weighted by molar-refractivity contribution is 0.0474. The Morgan fingerprint density at radius 2 is 1.66 bits per heavy atom. The summed E-state index contributed by atoms with van der Waals surface area (Å²) in [7, 11) is 0. The van der Waals surface area contributed by atoms with Crippen molar-refractivity contribution < 1.29 is 23.6 Å². The molecule has 0 bridgehead atoms. The van der Waals surface area contributed by atoms with E-state index in [4.69, 9.17) is 14.0 Å². The van der Waals surface area contributed by atoms with Crippen molar-refractivity contribution in [3.63, 3.8) is 0 Å². The summed E-state index contributed by atoms with van der Waals surface area (Å²) in [6.07, 6.45) is 0. The third-order valence-corrected chi connectivity index (χ3v) is 4.50. The van der Waals surface area contributed by atoms with E-state index in [1.54, 1.807) is 31.2 Å². The minimum absolute atomic E-state index is 0.158. The minimum Gasteiger partial charge on any atom is -0.485 e. The zero-order valence-corrected chi connectivity index (χ0v) is 16.8. The number of ketones is 1. The molecule has 0 aliphatic heterocycles. The highest BCUT2D eigenvalue weighted by Gasteiger charge is 2.15. The molecule has 3 rings (SSSR count). The first-order chi connectivity index (χ1) is 13.8. The lowest BCUT2D eigenvalue weighted by Crippen LogP contribution is -2.15. The number of ether oxygens (including phenoxy) is 2. The Kier molecular flexibility index (Phi) is 6.07. The predicted molar refractivity (Wildman–Crippen MR) is 105 cm³/mol. The van der Waals surface area contributed by atoms with Gasteiger partial charge in [-0.05, 0) is 67.8 Å². The van der Waals surface area contributed by atoms with Crippen molar-refractivity contribution in [1.82, 2.24) is 10.1 Å². The molecule has 150 valence electrons. The van der Waals surface area contributed by atoms with Gasteiger partial charge >= 0.3 is 5.97 Å². The fourth-order valence-electron chi connectivity index (χ4n) is 2.79. The van der Waals surface area contributed by atoms with Gasteiger partial charge in [-0.25, -0.2) is 4.79 Å². The van der Waals surface area contributed by atoms with E-state index in [9.17, 15) is 9.59 Å². The molecule has 7 nitrogen and oxygen atoms in total. The Labute approximate surface area is 168 Å². The van der Waals surface area contributed by atoms with Gasteiger partial charge in [0.15, 0.2) is 13.2 Å². The summed E-state index contributed by atoms with van der Waals surface area (Å²) in [5.41, 5.74) is 3.91. The molecule has 0 saturated carbocycles. The maximum atomic E-state index is 12.4. The molecule has 2 aromatic carbocycles. The van der Waals surface area contributed by atoms with Crippen molar-refractivity contribution in [2.45, 2.75) is 34.3 Å². The van der Waals surface area contributed by atoms with Crippen LogP contribution in [0.2, 0.25) is 0 Å². The van der Waals surface area contributed by atoms with Crippen LogP contribution in [0.25, 0.3) is 0 Å². The van der Waals surface area contributed by atoms with Crippen molar-refractivity contribution >= 4 is 11.8 Å². The average Bonchev–Trinajstić information content (AvgIpc) is 3.12. The van der Waals surface area contributed by atoms with Gasteiger partial charge in [0.25, 0.3) is 0 Å². The summed E-state index contributed by atoms with van der Waals surface area (Å²) in [6.45, 7) is 7.36. The zero-order chi connectivity index (χ0) is 21.0. The molecule has 29 heavy (non-hydrogen) atoms. The zero-order valence-electron chi connectivity index (χ0n) is 16.8. The number of hydrogen-bond acceptors (Lipinski definition) is 7. The Morgan fingerprint density at radius 3 is 2.31 bits per heavy atom. The first-order valence-corrected chi connectivity index (χ1v) is 9.13. The third kappa shape index (κ3) is 5.07. The summed E-state index contributed by atoms with van der Waals surface area (Å²) in [4.78, 5) is 28.7. The normalized spacial score (nSPS) is 10.6. The molecule has 0 fully saturated rings. The second kappa shape index (κ2) is 8.68. The second-order valence-electron chi connectivity index (χ2n) is 6.79. The third-order valence-electron chi connectivity index (χ3n) is 4.50. The number of carbonyl (C=O) groups is 2. The van der Waals surface area contributed by atoms with Crippen molar-refractivity contribution in [2.75, 3.05) is 6.61 Å². The molecular formula is C22H22N2O5. The summed E-state index contributed by atoms with van der Waals surface area (Å²) < 4.78 is 15.6. The van der Waals surface area contributed by atoms with E-state index >= 15 is 0 Å². The average molecular weight is 394 g/mol. The largest absolute Gasteiger partial charge is 0.485 e. The van der Waals surface area contributed by atoms with E-state index in [0.29, 0.717) is 28.6 Å². The number of aryl methyl sites for hydroxylation is 4. The van der Waals surface area contributed by atoms with E-state index in [1.165, 1.54) is 0 Å². The number of Topliss-reactive ketones (excluding diaryl/α,β-unsaturated/α-hetero) is 1. The number of nitrogens with zero attached hydrogens (tertiary/aromatic N) is 2. The van der Waals surface area contributed by atoms with Gasteiger partial charge in [0.2, 0.25) is 17.5 Å². The van der Waals surface area contributed by atoms with E-state index < -0.39 is 5.97 Å². The smallest absolute Gasteiger partial charge is 0.338 e. The van der Waals surface area contributed by atoms with Gasteiger partial charge in [-0.15, -0.1) is 0 Å². The first kappa shape index (κ1) is 20.3. The Bertz CT molecular complexity index is 1040. The molecule has 1 aromatic heterocycles. The van der Waals surface area contributed by atoms with Crippen LogP contribution in [0.4, 0.5) is 0 Å². The van der Waals surface area contributed by atoms with Gasteiger partial charge < -0.3 is 14.0 Å². The molecule has 0 amide bonds. The number of esters is 1. The molecular weight excluding hydrogens is 372 g/mol. The van der Waals surface area contributed by atoms with Crippen LogP contribution in [0.15, 0.2) is 40.9 Å². The standard InChI is InChI=1S/C22H22N2O5/c1-13-9-15(3)19(10-14(13)2)20(25)11-28-22(26)17-5-7-18(8-6-17)27-12-21-23-16(4)29-24-21/h5-10H,11-12H2,1-4H3. The van der Waals surface area contributed by atoms with Gasteiger partial charge in [0, 0.05) is 12.5 Å². The fraction of sp³-hybridized carbons (Fsp3) is 0.273. The maximum Gasteiger partial charge on any atom is 0.338 e. The molecule has 0 spiro atoms. The Balaban J connectivity index is 1.55. The lowest BCUT2D eigenvalue weighted by Gasteiger charge is -2.10. The Morgan fingerprint density at radius 1 is 0.966 bits per heavy atom. The SMILES string of the molecule is Cc1nc(COc2ccc(C(=O)OCC(=O)c3cc(C)c(C)cc3C)cc2)no1. The quantitative estimate of drug-likeness (QED) is 0.443. The summed E-state index contributed by atoms with van der Waals surface area (Å²) >= 11 is 0. The van der Waals surface area contributed by atoms with Crippen molar-refractivity contribution in [3.8, 4) is 5.75 Å². The minimum atomic E-state index is -0.569. The summed E-state index contributed by atoms with van der Waals surface area (Å²) in [6, 6.07) is 10.2. The summed E-state index contributed by atoms with van der Waals surface area (Å²) in [5, 5.41) is 3.74. The molecule has 1 heterocycles. The molecule has 3 aromatic rings. The number of rotatable bonds is 7. The van der Waals surface area contributed by atoms with Gasteiger partial charge in [-0.3, -0.25) is 4.79 Å². The van der Waals surface area contributed by atoms with Crippen molar-refractivity contribution in [1.29, 1.82) is 0 Å². The van der Waals surface area contributed by atoms with Crippen LogP contribution in [0.5, 0.6) is 5.75 Å². The second-order valence-corrected chi connectivity index (χ2v) is 6.79. The molecule has 7 heteroatoms. The van der Waals surface area contributed by atoms with Gasteiger partial charge in [0.05, 0.1) is 5.56 Å². The molecule has 0 atom stereocenters. The van der Waals surface area contributed by atoms with E-state index in [-0.39, 0.29) is 19.0 Å². The topological polar surface area (TPSA) is 91.5 Å². The van der Waals surface area contributed by atoms with Gasteiger partial charge in [-0.2, -0.15) is 4.98 Å². The Hall–Kier alpha value is -3.48. The van der Waals surface area contributed by atoms with Crippen LogP contribution < -0.4 is 4.74 Å². The highest BCUT2D eigenvalue weighted by Crippen LogP contribution is 2.17. The van der Waals surface area contributed by atoms with Gasteiger partial charge in [-0.1, -0.05) is 11.2 Å². The molecule has 0 unspecified atom stereocenters. The molecule has 0 N–H and O–H groups in total. The maximum absolute atomic E-state index is 12.4. The molecule has 0 aliphatic carbocycles. The van der Waals surface area contributed by atoms with Crippen LogP contribution in [-0.2, 0) is 11.3 Å². The van der Waals surface area contributed by atoms with Crippen LogP contribution >= 0.6 is 0 Å². The van der Waals surface area contributed by atoms with Crippen LogP contribution in [0.1, 0.15) is 49.1 Å². The number of carbonyl (C=O) groups excluding carboxylic acids is 2. The molecule has 0 radical (unpaired) electrons. The molecule has 0 saturated heterocycles. The highest BCUT2D eigenvalue weighted by atomic mass is 16.5. The number of aromatic nitrogens is 2. The van der Waals surface area contributed by atoms with Crippen LogP contribution in [0, 0.1) is 27.7 Å². The van der Waals surface area contributed by atoms with E-state index in [2.05, 4.69) is 10.1 Å². The van der Waals surface area contributed by atoms with E-state index in [1.807, 2.05) is 32.9 Å². The first-order valence-electron chi connectivity index (χ1n) is 9.13. The van der Waals surface area contributed by atoms with Crippen LogP contribution in [0.3, 0.4) is 0 Å². The summed E-state index contributed by atoms with van der Waals surface area (Å²) in [5.74, 6) is 0.652. The fourth-order valence-corrected chi connectivity index (χ4v) is 2.79. The van der Waals surface area contributed by atoms with Crippen molar-refractivity contribution in [2.24, 2.45) is 0 Å². The monoisotopic (exact) mass is 394 g/mol. The lowest BCUT2D eigenvalue weighted by atomic mass is 9.98. The van der Waals surface area contributed by atoms with E-state index in [0.717, 1.165) is 16.7 Å². The number of hydrogen-bond donors (Lipinski definition) is 0. The van der Waals surface area contributed by atoms with Gasteiger partial charge in [0.1, 0.15) is 5.75 Å². The van der Waals surface area contributed by atoms with Crippen LogP contribution in [-0.4, -0.2) is 28.5 Å². The predicted octanol–water partition coefficient (Wildman–Crippen LogP) is 3.92. The highest BCUT2D eigenvalue weighted by molar-refractivity contribution is 6.00. The number of benzene rings is 2. The van der Waals surface area contributed by atoms with Crippen molar-refractivity contribution in [3.05, 3.63) is 75.9 Å². The molecule has 0 aliphatic rings.